The molecule has 1 aromatic heterocycles. The monoisotopic (exact) mass is 237 g/mol. The molecule has 0 aromatic carbocycles. The fourth-order valence-corrected chi connectivity index (χ4v) is 1.86. The summed E-state index contributed by atoms with van der Waals surface area (Å²) >= 11 is 0. The molecule has 3 heteroatoms. The number of unbranched alkanes of at least 4 members (excludes halogenated alkanes) is 3. The van der Waals surface area contributed by atoms with E-state index in [0.717, 1.165) is 24.7 Å². The van der Waals surface area contributed by atoms with E-state index in [0.29, 0.717) is 0 Å². The van der Waals surface area contributed by atoms with E-state index in [-0.39, 0.29) is 0 Å². The Balaban J connectivity index is 1.88. The first-order valence-corrected chi connectivity index (χ1v) is 6.89. The summed E-state index contributed by atoms with van der Waals surface area (Å²) in [7, 11) is 0. The van der Waals surface area contributed by atoms with Crippen LogP contribution in [0, 0.1) is 12.8 Å². The van der Waals surface area contributed by atoms with Crippen LogP contribution in [0.25, 0.3) is 0 Å². The Kier molecular flexibility index (Phi) is 6.94. The number of rotatable bonds is 9. The van der Waals surface area contributed by atoms with Gasteiger partial charge in [-0.1, -0.05) is 26.7 Å². The normalized spacial score (nSPS) is 11.3. The number of nitrogens with one attached hydrogen (secondary N) is 1. The van der Waals surface area contributed by atoms with Gasteiger partial charge in [0.2, 0.25) is 0 Å². The Morgan fingerprint density at radius 2 is 2.00 bits per heavy atom. The molecule has 0 aliphatic carbocycles. The summed E-state index contributed by atoms with van der Waals surface area (Å²) in [5, 5.41) is 7.86. The lowest BCUT2D eigenvalue weighted by Gasteiger charge is -2.07. The minimum atomic E-state index is 0.762. The molecule has 0 aliphatic rings. The van der Waals surface area contributed by atoms with Crippen molar-refractivity contribution in [2.45, 2.75) is 53.0 Å². The molecule has 0 unspecified atom stereocenters. The number of hydrogen-bond acceptors (Lipinski definition) is 2. The highest BCUT2D eigenvalue weighted by atomic mass is 15.3. The molecule has 0 amide bonds. The molecule has 0 saturated heterocycles. The highest BCUT2D eigenvalue weighted by Crippen LogP contribution is 2.02. The van der Waals surface area contributed by atoms with E-state index in [1.807, 2.05) is 11.6 Å². The second-order valence-corrected chi connectivity index (χ2v) is 5.23. The third-order valence-electron chi connectivity index (χ3n) is 2.82. The maximum absolute atomic E-state index is 4.38. The van der Waals surface area contributed by atoms with Crippen LogP contribution in [-0.2, 0) is 6.54 Å². The molecule has 1 aromatic rings. The zero-order valence-corrected chi connectivity index (χ0v) is 11.6. The fourth-order valence-electron chi connectivity index (χ4n) is 1.86. The Labute approximate surface area is 106 Å². The van der Waals surface area contributed by atoms with Crippen molar-refractivity contribution in [1.82, 2.24) is 15.1 Å². The molecule has 0 radical (unpaired) electrons. The van der Waals surface area contributed by atoms with E-state index >= 15 is 0 Å². The Morgan fingerprint density at radius 1 is 1.24 bits per heavy atom. The molecule has 0 bridgehead atoms. The number of aryl methyl sites for hydroxylation is 2. The lowest BCUT2D eigenvalue weighted by atomic mass is 10.2. The maximum Gasteiger partial charge on any atom is 0.0593 e. The van der Waals surface area contributed by atoms with E-state index < -0.39 is 0 Å². The quantitative estimate of drug-likeness (QED) is 0.669. The lowest BCUT2D eigenvalue weighted by Crippen LogP contribution is -2.20. The summed E-state index contributed by atoms with van der Waals surface area (Å²) < 4.78 is 2.05. The van der Waals surface area contributed by atoms with Crippen molar-refractivity contribution in [3.8, 4) is 0 Å². The first-order valence-electron chi connectivity index (χ1n) is 6.89. The summed E-state index contributed by atoms with van der Waals surface area (Å²) in [5.74, 6) is 0.762. The van der Waals surface area contributed by atoms with E-state index in [1.54, 1.807) is 0 Å². The molecule has 1 heterocycles. The van der Waals surface area contributed by atoms with Gasteiger partial charge < -0.3 is 5.32 Å². The molecule has 0 saturated carbocycles. The van der Waals surface area contributed by atoms with Crippen molar-refractivity contribution in [3.05, 3.63) is 18.0 Å². The van der Waals surface area contributed by atoms with E-state index in [4.69, 9.17) is 0 Å². The smallest absolute Gasteiger partial charge is 0.0593 e. The second-order valence-electron chi connectivity index (χ2n) is 5.23. The highest BCUT2D eigenvalue weighted by Gasteiger charge is 1.95. The molecule has 98 valence electrons. The third kappa shape index (κ3) is 7.16. The number of hydrogen-bond donors (Lipinski definition) is 1. The predicted octanol–water partition coefficient (Wildman–Crippen LogP) is 3.00. The molecular weight excluding hydrogens is 210 g/mol. The van der Waals surface area contributed by atoms with Crippen LogP contribution in [0.15, 0.2) is 12.3 Å². The standard InChI is InChI=1S/C14H27N3/c1-13(2)12-15-9-6-4-5-7-10-17-11-8-14(3)16-17/h8,11,13,15H,4-7,9-10,12H2,1-3H3. The van der Waals surface area contributed by atoms with Crippen molar-refractivity contribution in [1.29, 1.82) is 0 Å². The molecule has 17 heavy (non-hydrogen) atoms. The Morgan fingerprint density at radius 3 is 2.65 bits per heavy atom. The number of aromatic nitrogens is 2. The molecule has 0 fully saturated rings. The van der Waals surface area contributed by atoms with Crippen molar-refractivity contribution in [3.63, 3.8) is 0 Å². The van der Waals surface area contributed by atoms with Crippen molar-refractivity contribution < 1.29 is 0 Å². The van der Waals surface area contributed by atoms with Gasteiger partial charge in [0, 0.05) is 12.7 Å². The van der Waals surface area contributed by atoms with Gasteiger partial charge in [-0.3, -0.25) is 4.68 Å². The van der Waals surface area contributed by atoms with Crippen molar-refractivity contribution in [2.75, 3.05) is 13.1 Å². The third-order valence-corrected chi connectivity index (χ3v) is 2.82. The first-order chi connectivity index (χ1) is 8.18. The molecule has 3 nitrogen and oxygen atoms in total. The largest absolute Gasteiger partial charge is 0.316 e. The van der Waals surface area contributed by atoms with Gasteiger partial charge in [-0.25, -0.2) is 0 Å². The van der Waals surface area contributed by atoms with Gasteiger partial charge in [0.05, 0.1) is 5.69 Å². The van der Waals surface area contributed by atoms with Crippen LogP contribution >= 0.6 is 0 Å². The van der Waals surface area contributed by atoms with Gasteiger partial charge in [-0.15, -0.1) is 0 Å². The average Bonchev–Trinajstić information content (AvgIpc) is 2.68. The highest BCUT2D eigenvalue weighted by molar-refractivity contribution is 4.94. The fraction of sp³-hybridized carbons (Fsp3) is 0.786. The van der Waals surface area contributed by atoms with E-state index in [2.05, 4.69) is 36.5 Å². The summed E-state index contributed by atoms with van der Waals surface area (Å²) in [6.07, 6.45) is 7.24. The van der Waals surface area contributed by atoms with Crippen LogP contribution in [0.3, 0.4) is 0 Å². The van der Waals surface area contributed by atoms with Gasteiger partial charge in [0.15, 0.2) is 0 Å². The predicted molar refractivity (Wildman–Crippen MR) is 73.1 cm³/mol. The van der Waals surface area contributed by atoms with Crippen molar-refractivity contribution in [2.24, 2.45) is 5.92 Å². The van der Waals surface area contributed by atoms with E-state index in [1.165, 1.54) is 32.2 Å². The van der Waals surface area contributed by atoms with Crippen LogP contribution in [0.4, 0.5) is 0 Å². The molecule has 1 N–H and O–H groups in total. The minimum absolute atomic E-state index is 0.762. The summed E-state index contributed by atoms with van der Waals surface area (Å²) in [5.41, 5.74) is 1.11. The van der Waals surface area contributed by atoms with Gasteiger partial charge in [0.1, 0.15) is 0 Å². The number of nitrogens with zero attached hydrogens (tertiary/aromatic N) is 2. The van der Waals surface area contributed by atoms with Crippen LogP contribution in [0.5, 0.6) is 0 Å². The molecule has 0 aliphatic heterocycles. The van der Waals surface area contributed by atoms with Gasteiger partial charge in [0.25, 0.3) is 0 Å². The molecule has 0 atom stereocenters. The lowest BCUT2D eigenvalue weighted by molar-refractivity contribution is 0.505. The van der Waals surface area contributed by atoms with Gasteiger partial charge in [-0.05, 0) is 44.8 Å². The Hall–Kier alpha value is -0.830. The Bertz CT molecular complexity index is 291. The van der Waals surface area contributed by atoms with Crippen LogP contribution in [0.2, 0.25) is 0 Å². The molecule has 0 spiro atoms. The van der Waals surface area contributed by atoms with Crippen LogP contribution < -0.4 is 5.32 Å². The maximum atomic E-state index is 4.38. The molecule has 1 rings (SSSR count). The van der Waals surface area contributed by atoms with Crippen LogP contribution in [0.1, 0.15) is 45.2 Å². The summed E-state index contributed by atoms with van der Waals surface area (Å²) in [6, 6.07) is 2.07. The van der Waals surface area contributed by atoms with Crippen LogP contribution in [-0.4, -0.2) is 22.9 Å². The molecular formula is C14H27N3. The van der Waals surface area contributed by atoms with Crippen molar-refractivity contribution >= 4 is 0 Å². The minimum Gasteiger partial charge on any atom is -0.316 e. The summed E-state index contributed by atoms with van der Waals surface area (Å²) in [6.45, 7) is 9.91. The first kappa shape index (κ1) is 14.2. The average molecular weight is 237 g/mol. The SMILES string of the molecule is Cc1ccn(CCCCCCNCC(C)C)n1. The van der Waals surface area contributed by atoms with E-state index in [9.17, 15) is 0 Å². The topological polar surface area (TPSA) is 29.9 Å². The van der Waals surface area contributed by atoms with Gasteiger partial charge in [-0.2, -0.15) is 5.10 Å². The zero-order chi connectivity index (χ0) is 12.5. The zero-order valence-electron chi connectivity index (χ0n) is 11.6. The second kappa shape index (κ2) is 8.29. The van der Waals surface area contributed by atoms with Gasteiger partial charge >= 0.3 is 0 Å². The summed E-state index contributed by atoms with van der Waals surface area (Å²) in [4.78, 5) is 0.